The second-order valence-electron chi connectivity index (χ2n) is 3.86. The molecular formula is C11H17N7O. The Bertz CT molecular complexity index is 544. The molecule has 0 unspecified atom stereocenters. The van der Waals surface area contributed by atoms with Crippen LogP contribution in [0, 0.1) is 0 Å². The molecule has 2 aromatic rings. The summed E-state index contributed by atoms with van der Waals surface area (Å²) in [6, 6.07) is 0.254. The quantitative estimate of drug-likeness (QED) is 0.830. The van der Waals surface area contributed by atoms with Crippen LogP contribution in [0.1, 0.15) is 12.6 Å². The van der Waals surface area contributed by atoms with Crippen molar-refractivity contribution in [3.63, 3.8) is 0 Å². The van der Waals surface area contributed by atoms with Gasteiger partial charge in [-0.3, -0.25) is 4.68 Å². The van der Waals surface area contributed by atoms with Crippen molar-refractivity contribution in [3.8, 4) is 6.01 Å². The van der Waals surface area contributed by atoms with Crippen LogP contribution in [0.5, 0.6) is 6.01 Å². The van der Waals surface area contributed by atoms with Crippen molar-refractivity contribution >= 4 is 17.6 Å². The minimum atomic E-state index is 0.254. The summed E-state index contributed by atoms with van der Waals surface area (Å²) in [7, 11) is 5.12. The van der Waals surface area contributed by atoms with Crippen LogP contribution in [-0.2, 0) is 13.5 Å². The minimum Gasteiger partial charge on any atom is -0.467 e. The third-order valence-corrected chi connectivity index (χ3v) is 2.51. The number of anilines is 3. The average Bonchev–Trinajstić information content (AvgIpc) is 2.78. The fourth-order valence-electron chi connectivity index (χ4n) is 1.64. The van der Waals surface area contributed by atoms with Crippen LogP contribution in [0.2, 0.25) is 0 Å². The van der Waals surface area contributed by atoms with Crippen molar-refractivity contribution < 1.29 is 4.74 Å². The molecule has 0 saturated carbocycles. The summed E-state index contributed by atoms with van der Waals surface area (Å²) in [5, 5.41) is 10.3. The summed E-state index contributed by atoms with van der Waals surface area (Å²) in [5.41, 5.74) is 1.83. The van der Waals surface area contributed by atoms with Crippen molar-refractivity contribution in [1.82, 2.24) is 24.7 Å². The third kappa shape index (κ3) is 2.90. The predicted molar refractivity (Wildman–Crippen MR) is 71.8 cm³/mol. The van der Waals surface area contributed by atoms with E-state index in [1.165, 1.54) is 7.11 Å². The van der Waals surface area contributed by atoms with Crippen molar-refractivity contribution in [1.29, 1.82) is 0 Å². The van der Waals surface area contributed by atoms with E-state index in [1.807, 2.05) is 20.2 Å². The number of methoxy groups -OCH3 is 1. The normalized spacial score (nSPS) is 10.3. The smallest absolute Gasteiger partial charge is 0.322 e. The van der Waals surface area contributed by atoms with Crippen molar-refractivity contribution in [3.05, 3.63) is 11.9 Å². The Hall–Kier alpha value is -2.38. The Morgan fingerprint density at radius 1 is 1.26 bits per heavy atom. The number of aromatic nitrogens is 5. The van der Waals surface area contributed by atoms with Crippen molar-refractivity contribution in [2.45, 2.75) is 13.3 Å². The Balaban J connectivity index is 2.31. The van der Waals surface area contributed by atoms with Crippen LogP contribution < -0.4 is 15.4 Å². The number of ether oxygens (including phenoxy) is 1. The highest BCUT2D eigenvalue weighted by molar-refractivity contribution is 5.56. The first-order valence-electron chi connectivity index (χ1n) is 5.93. The van der Waals surface area contributed by atoms with Gasteiger partial charge in [-0.1, -0.05) is 6.92 Å². The van der Waals surface area contributed by atoms with E-state index < -0.39 is 0 Å². The zero-order valence-electron chi connectivity index (χ0n) is 11.4. The van der Waals surface area contributed by atoms with Gasteiger partial charge in [0.15, 0.2) is 0 Å². The lowest BCUT2D eigenvalue weighted by Gasteiger charge is -2.07. The monoisotopic (exact) mass is 263 g/mol. The van der Waals surface area contributed by atoms with Crippen LogP contribution in [0.3, 0.4) is 0 Å². The fraction of sp³-hybridized carbons (Fsp3) is 0.455. The van der Waals surface area contributed by atoms with E-state index in [0.717, 1.165) is 17.8 Å². The summed E-state index contributed by atoms with van der Waals surface area (Å²) < 4.78 is 6.78. The van der Waals surface area contributed by atoms with E-state index in [2.05, 4.69) is 30.7 Å². The first-order valence-corrected chi connectivity index (χ1v) is 5.93. The number of hydrogen-bond acceptors (Lipinski definition) is 7. The van der Waals surface area contributed by atoms with Crippen LogP contribution in [-0.4, -0.2) is 38.9 Å². The first-order chi connectivity index (χ1) is 9.16. The van der Waals surface area contributed by atoms with Crippen LogP contribution in [0.15, 0.2) is 6.20 Å². The molecule has 2 heterocycles. The predicted octanol–water partition coefficient (Wildman–Crippen LogP) is 0.961. The van der Waals surface area contributed by atoms with Gasteiger partial charge in [-0.05, 0) is 6.42 Å². The van der Waals surface area contributed by atoms with E-state index in [9.17, 15) is 0 Å². The largest absolute Gasteiger partial charge is 0.467 e. The molecule has 102 valence electrons. The van der Waals surface area contributed by atoms with Crippen LogP contribution >= 0.6 is 0 Å². The molecule has 0 aromatic carbocycles. The Kier molecular flexibility index (Phi) is 3.79. The van der Waals surface area contributed by atoms with Gasteiger partial charge in [-0.15, -0.1) is 0 Å². The highest BCUT2D eigenvalue weighted by atomic mass is 16.5. The summed E-state index contributed by atoms with van der Waals surface area (Å²) in [6.07, 6.45) is 2.71. The maximum Gasteiger partial charge on any atom is 0.322 e. The molecule has 0 aliphatic heterocycles. The molecule has 0 saturated heterocycles. The molecule has 0 radical (unpaired) electrons. The second-order valence-corrected chi connectivity index (χ2v) is 3.86. The van der Waals surface area contributed by atoms with Gasteiger partial charge in [-0.25, -0.2) is 0 Å². The van der Waals surface area contributed by atoms with Gasteiger partial charge in [0.05, 0.1) is 18.5 Å². The molecule has 0 bridgehead atoms. The number of rotatable bonds is 5. The van der Waals surface area contributed by atoms with Gasteiger partial charge in [0.1, 0.15) is 0 Å². The van der Waals surface area contributed by atoms with E-state index >= 15 is 0 Å². The van der Waals surface area contributed by atoms with Gasteiger partial charge in [-0.2, -0.15) is 20.1 Å². The zero-order chi connectivity index (χ0) is 13.8. The summed E-state index contributed by atoms with van der Waals surface area (Å²) in [6.45, 7) is 2.04. The summed E-state index contributed by atoms with van der Waals surface area (Å²) >= 11 is 0. The molecule has 19 heavy (non-hydrogen) atoms. The lowest BCUT2D eigenvalue weighted by molar-refractivity contribution is 0.379. The standard InChI is InChI=1S/C11H17N7O/c1-5-7-8(6-18(3)17-7)13-10-14-9(12-2)15-11(16-10)19-4/h6H,5H2,1-4H3,(H2,12,13,14,15,16). The summed E-state index contributed by atoms with van der Waals surface area (Å²) in [5.74, 6) is 0.857. The number of nitrogens with one attached hydrogen (secondary N) is 2. The molecule has 2 rings (SSSR count). The van der Waals surface area contributed by atoms with Crippen molar-refractivity contribution in [2.75, 3.05) is 24.8 Å². The minimum absolute atomic E-state index is 0.254. The van der Waals surface area contributed by atoms with Crippen LogP contribution in [0.25, 0.3) is 0 Å². The van der Waals surface area contributed by atoms with E-state index in [4.69, 9.17) is 4.74 Å². The SMILES string of the molecule is CCc1nn(C)cc1Nc1nc(NC)nc(OC)n1. The van der Waals surface area contributed by atoms with Crippen molar-refractivity contribution in [2.24, 2.45) is 7.05 Å². The van der Waals surface area contributed by atoms with E-state index in [0.29, 0.717) is 11.9 Å². The van der Waals surface area contributed by atoms with Gasteiger partial charge < -0.3 is 15.4 Å². The lowest BCUT2D eigenvalue weighted by Crippen LogP contribution is -2.05. The van der Waals surface area contributed by atoms with E-state index in [-0.39, 0.29) is 6.01 Å². The van der Waals surface area contributed by atoms with Gasteiger partial charge >= 0.3 is 6.01 Å². The molecule has 0 aliphatic rings. The third-order valence-electron chi connectivity index (χ3n) is 2.51. The van der Waals surface area contributed by atoms with Gasteiger partial charge in [0, 0.05) is 20.3 Å². The zero-order valence-corrected chi connectivity index (χ0v) is 11.4. The molecular weight excluding hydrogens is 246 g/mol. The lowest BCUT2D eigenvalue weighted by atomic mass is 10.3. The highest BCUT2D eigenvalue weighted by Crippen LogP contribution is 2.19. The first kappa shape index (κ1) is 13.1. The average molecular weight is 263 g/mol. The molecule has 8 heteroatoms. The molecule has 0 atom stereocenters. The van der Waals surface area contributed by atoms with E-state index in [1.54, 1.807) is 11.7 Å². The number of hydrogen-bond donors (Lipinski definition) is 2. The number of aryl methyl sites for hydroxylation is 2. The van der Waals surface area contributed by atoms with Gasteiger partial charge in [0.25, 0.3) is 0 Å². The maximum atomic E-state index is 5.03. The molecule has 0 fully saturated rings. The van der Waals surface area contributed by atoms with Gasteiger partial charge in [0.2, 0.25) is 11.9 Å². The molecule has 0 spiro atoms. The molecule has 0 aliphatic carbocycles. The van der Waals surface area contributed by atoms with Crippen LogP contribution in [0.4, 0.5) is 17.6 Å². The molecule has 2 N–H and O–H groups in total. The Morgan fingerprint density at radius 2 is 2.00 bits per heavy atom. The fourth-order valence-corrected chi connectivity index (χ4v) is 1.64. The topological polar surface area (TPSA) is 89.8 Å². The Morgan fingerprint density at radius 3 is 2.63 bits per heavy atom. The Labute approximate surface area is 111 Å². The maximum absolute atomic E-state index is 5.03. The molecule has 8 nitrogen and oxygen atoms in total. The second kappa shape index (κ2) is 5.51. The number of nitrogens with zero attached hydrogens (tertiary/aromatic N) is 5. The highest BCUT2D eigenvalue weighted by Gasteiger charge is 2.10. The molecule has 0 amide bonds. The summed E-state index contributed by atoms with van der Waals surface area (Å²) in [4.78, 5) is 12.4. The molecule has 2 aromatic heterocycles.